The van der Waals surface area contributed by atoms with Gasteiger partial charge in [-0.25, -0.2) is 0 Å². The summed E-state index contributed by atoms with van der Waals surface area (Å²) in [5, 5.41) is 6.21. The first-order valence-electron chi connectivity index (χ1n) is 5.86. The monoisotopic (exact) mass is 249 g/mol. The Hall–Kier alpha value is -1.04. The van der Waals surface area contributed by atoms with Crippen molar-refractivity contribution in [2.24, 2.45) is 0 Å². The van der Waals surface area contributed by atoms with Crippen molar-refractivity contribution < 1.29 is 4.79 Å². The Morgan fingerprint density at radius 2 is 2.00 bits per heavy atom. The molecule has 0 spiro atoms. The summed E-state index contributed by atoms with van der Waals surface area (Å²) in [5.41, 5.74) is 0.939. The molecule has 0 saturated carbocycles. The summed E-state index contributed by atoms with van der Waals surface area (Å²) < 4.78 is 0. The molecule has 2 aliphatic heterocycles. The Morgan fingerprint density at radius 1 is 1.24 bits per heavy atom. The van der Waals surface area contributed by atoms with Gasteiger partial charge in [0.2, 0.25) is 0 Å². The molecule has 2 heterocycles. The second-order valence-electron chi connectivity index (χ2n) is 4.24. The van der Waals surface area contributed by atoms with Gasteiger partial charge in [0, 0.05) is 31.1 Å². The van der Waals surface area contributed by atoms with Crippen molar-refractivity contribution in [1.29, 1.82) is 0 Å². The van der Waals surface area contributed by atoms with Crippen LogP contribution in [0.25, 0.3) is 0 Å². The summed E-state index contributed by atoms with van der Waals surface area (Å²) in [7, 11) is 0. The number of nitrogens with zero attached hydrogens (tertiary/aromatic N) is 1. The zero-order valence-corrected chi connectivity index (χ0v) is 10.3. The molecular formula is C12H15N3OS. The minimum absolute atomic E-state index is 0.0769. The van der Waals surface area contributed by atoms with E-state index in [1.165, 1.54) is 0 Å². The molecule has 5 heteroatoms. The second-order valence-corrected chi connectivity index (χ2v) is 5.36. The van der Waals surface area contributed by atoms with Gasteiger partial charge in [-0.3, -0.25) is 9.69 Å². The summed E-state index contributed by atoms with van der Waals surface area (Å²) >= 11 is 1.66. The van der Waals surface area contributed by atoms with Crippen LogP contribution in [0.1, 0.15) is 0 Å². The molecule has 2 aliphatic rings. The lowest BCUT2D eigenvalue weighted by atomic mass is 10.3. The molecule has 17 heavy (non-hydrogen) atoms. The van der Waals surface area contributed by atoms with E-state index in [-0.39, 0.29) is 11.3 Å². The number of carbonyl (C=O) groups is 1. The number of hydrogen-bond donors (Lipinski definition) is 2. The van der Waals surface area contributed by atoms with E-state index in [1.807, 2.05) is 18.2 Å². The van der Waals surface area contributed by atoms with Crippen LogP contribution in [0.4, 0.5) is 5.69 Å². The van der Waals surface area contributed by atoms with Crippen LogP contribution in [0.3, 0.4) is 0 Å². The third-order valence-corrected chi connectivity index (χ3v) is 4.44. The molecule has 3 rings (SSSR count). The van der Waals surface area contributed by atoms with Gasteiger partial charge in [-0.05, 0) is 12.1 Å². The molecule has 1 atom stereocenters. The maximum atomic E-state index is 12.1. The summed E-state index contributed by atoms with van der Waals surface area (Å²) in [6.07, 6.45) is 0. The van der Waals surface area contributed by atoms with Gasteiger partial charge in [-0.15, -0.1) is 0 Å². The number of fused-ring (bicyclic) bond motifs is 1. The molecule has 2 N–H and O–H groups in total. The summed E-state index contributed by atoms with van der Waals surface area (Å²) in [6.45, 7) is 3.80. The third-order valence-electron chi connectivity index (χ3n) is 3.09. The van der Waals surface area contributed by atoms with Gasteiger partial charge < -0.3 is 10.6 Å². The number of piperazine rings is 1. The molecule has 0 bridgehead atoms. The Morgan fingerprint density at radius 3 is 2.82 bits per heavy atom. The van der Waals surface area contributed by atoms with Gasteiger partial charge in [-0.1, -0.05) is 23.9 Å². The topological polar surface area (TPSA) is 44.4 Å². The van der Waals surface area contributed by atoms with E-state index in [0.717, 1.165) is 36.8 Å². The fourth-order valence-electron chi connectivity index (χ4n) is 2.20. The maximum Gasteiger partial charge on any atom is 0.252 e. The number of amides is 1. The van der Waals surface area contributed by atoms with E-state index in [1.54, 1.807) is 11.8 Å². The molecule has 4 nitrogen and oxygen atoms in total. The van der Waals surface area contributed by atoms with Crippen LogP contribution in [0.15, 0.2) is 29.2 Å². The lowest BCUT2D eigenvalue weighted by molar-refractivity contribution is -0.118. The van der Waals surface area contributed by atoms with E-state index >= 15 is 0 Å². The number of nitrogens with one attached hydrogen (secondary N) is 2. The quantitative estimate of drug-likeness (QED) is 0.778. The van der Waals surface area contributed by atoms with Crippen LogP contribution in [-0.2, 0) is 4.79 Å². The Kier molecular flexibility index (Phi) is 3.05. The maximum absolute atomic E-state index is 12.1. The van der Waals surface area contributed by atoms with Gasteiger partial charge >= 0.3 is 0 Å². The highest BCUT2D eigenvalue weighted by atomic mass is 32.2. The number of anilines is 1. The van der Waals surface area contributed by atoms with E-state index in [4.69, 9.17) is 0 Å². The predicted molar refractivity (Wildman–Crippen MR) is 69.2 cm³/mol. The van der Waals surface area contributed by atoms with E-state index in [0.29, 0.717) is 0 Å². The molecule has 1 saturated heterocycles. The highest BCUT2D eigenvalue weighted by Crippen LogP contribution is 2.36. The smallest absolute Gasteiger partial charge is 0.252 e. The standard InChI is InChI=1S/C12H15N3OS/c16-11-12(15-7-5-13-6-8-15)17-10-4-2-1-3-9(10)14-11/h1-4,12-13H,5-8H2,(H,14,16). The van der Waals surface area contributed by atoms with Gasteiger partial charge in [0.25, 0.3) is 5.91 Å². The van der Waals surface area contributed by atoms with E-state index in [2.05, 4.69) is 21.6 Å². The van der Waals surface area contributed by atoms with Crippen molar-refractivity contribution in [3.05, 3.63) is 24.3 Å². The van der Waals surface area contributed by atoms with E-state index < -0.39 is 0 Å². The van der Waals surface area contributed by atoms with Crippen LogP contribution in [0.2, 0.25) is 0 Å². The molecule has 1 aromatic rings. The van der Waals surface area contributed by atoms with Gasteiger partial charge in [0.05, 0.1) is 5.69 Å². The van der Waals surface area contributed by atoms with Crippen molar-refractivity contribution >= 4 is 23.4 Å². The third kappa shape index (κ3) is 2.18. The van der Waals surface area contributed by atoms with Crippen LogP contribution >= 0.6 is 11.8 Å². The Labute approximate surface area is 105 Å². The zero-order valence-electron chi connectivity index (χ0n) is 9.48. The average molecular weight is 249 g/mol. The van der Waals surface area contributed by atoms with Crippen LogP contribution in [0.5, 0.6) is 0 Å². The summed E-state index contributed by atoms with van der Waals surface area (Å²) in [5.74, 6) is 0.107. The first-order chi connectivity index (χ1) is 8.34. The van der Waals surface area contributed by atoms with Gasteiger partial charge in [0.15, 0.2) is 0 Å². The average Bonchev–Trinajstić information content (AvgIpc) is 2.39. The Bertz CT molecular complexity index is 432. The van der Waals surface area contributed by atoms with Crippen molar-refractivity contribution in [1.82, 2.24) is 10.2 Å². The molecule has 0 radical (unpaired) electrons. The first kappa shape index (κ1) is 11.1. The van der Waals surface area contributed by atoms with Crippen LogP contribution in [-0.4, -0.2) is 42.4 Å². The van der Waals surface area contributed by atoms with Gasteiger partial charge in [0.1, 0.15) is 5.37 Å². The van der Waals surface area contributed by atoms with Gasteiger partial charge in [-0.2, -0.15) is 0 Å². The van der Waals surface area contributed by atoms with Crippen molar-refractivity contribution in [2.75, 3.05) is 31.5 Å². The molecule has 1 amide bonds. The molecule has 0 aliphatic carbocycles. The normalized spacial score (nSPS) is 25.2. The van der Waals surface area contributed by atoms with Crippen LogP contribution < -0.4 is 10.6 Å². The highest BCUT2D eigenvalue weighted by Gasteiger charge is 2.32. The number of carbonyl (C=O) groups excluding carboxylic acids is 1. The molecular weight excluding hydrogens is 234 g/mol. The fourth-order valence-corrected chi connectivity index (χ4v) is 3.37. The van der Waals surface area contributed by atoms with E-state index in [9.17, 15) is 4.79 Å². The molecule has 0 aromatic heterocycles. The molecule has 1 aromatic carbocycles. The fraction of sp³-hybridized carbons (Fsp3) is 0.417. The lowest BCUT2D eigenvalue weighted by Gasteiger charge is -2.35. The molecule has 1 unspecified atom stereocenters. The zero-order chi connectivity index (χ0) is 11.7. The van der Waals surface area contributed by atoms with Crippen molar-refractivity contribution in [2.45, 2.75) is 10.3 Å². The molecule has 90 valence electrons. The number of thioether (sulfide) groups is 1. The Balaban J connectivity index is 1.81. The number of para-hydroxylation sites is 1. The van der Waals surface area contributed by atoms with Crippen molar-refractivity contribution in [3.63, 3.8) is 0 Å². The highest BCUT2D eigenvalue weighted by molar-refractivity contribution is 8.00. The van der Waals surface area contributed by atoms with Crippen LogP contribution in [0, 0.1) is 0 Å². The lowest BCUT2D eigenvalue weighted by Crippen LogP contribution is -2.52. The predicted octanol–water partition coefficient (Wildman–Crippen LogP) is 0.962. The first-order valence-corrected chi connectivity index (χ1v) is 6.74. The number of hydrogen-bond acceptors (Lipinski definition) is 4. The molecule has 1 fully saturated rings. The largest absolute Gasteiger partial charge is 0.323 e. The minimum atomic E-state index is -0.0769. The van der Waals surface area contributed by atoms with Crippen molar-refractivity contribution in [3.8, 4) is 0 Å². The summed E-state index contributed by atoms with van der Waals surface area (Å²) in [6, 6.07) is 7.98. The second kappa shape index (κ2) is 4.68. The SMILES string of the molecule is O=C1Nc2ccccc2SC1N1CCNCC1. The minimum Gasteiger partial charge on any atom is -0.323 e. The number of benzene rings is 1. The number of rotatable bonds is 1. The summed E-state index contributed by atoms with van der Waals surface area (Å²) in [4.78, 5) is 15.5.